The van der Waals surface area contributed by atoms with Gasteiger partial charge < -0.3 is 4.74 Å². The van der Waals surface area contributed by atoms with Gasteiger partial charge >= 0.3 is 0 Å². The van der Waals surface area contributed by atoms with Crippen molar-refractivity contribution in [3.05, 3.63) is 97.9 Å². The summed E-state index contributed by atoms with van der Waals surface area (Å²) in [7, 11) is 0. The zero-order valence-corrected chi connectivity index (χ0v) is 18.7. The van der Waals surface area contributed by atoms with Crippen molar-refractivity contribution in [2.24, 2.45) is 5.10 Å². The second-order valence-corrected chi connectivity index (χ2v) is 8.97. The Balaban J connectivity index is 1.57. The minimum absolute atomic E-state index is 0.0989. The third-order valence-corrected chi connectivity index (χ3v) is 6.28. The van der Waals surface area contributed by atoms with Gasteiger partial charge in [0.25, 0.3) is 6.23 Å². The van der Waals surface area contributed by atoms with Crippen LogP contribution in [0.4, 0.5) is 0 Å². The van der Waals surface area contributed by atoms with Crippen LogP contribution in [0.15, 0.2) is 76.3 Å². The fraction of sp³-hybridized carbons (Fsp3) is 0.130. The standard InChI is InChI=1S/C23H15BrCl2N2O2/c24-15-5-10-21-18(11-15)20-12-19(13-1-6-16(25)7-2-13)27-28(20)23(30-21)22(29)14-3-8-17(26)9-4-14/h1-11,20,23H,12H2/t20-,23+/m0/s1. The molecule has 0 unspecified atom stereocenters. The van der Waals surface area contributed by atoms with E-state index in [1.54, 1.807) is 29.3 Å². The van der Waals surface area contributed by atoms with E-state index in [1.165, 1.54) is 0 Å². The Morgan fingerprint density at radius 1 is 1.00 bits per heavy atom. The Labute approximate surface area is 192 Å². The second kappa shape index (κ2) is 7.73. The van der Waals surface area contributed by atoms with E-state index in [4.69, 9.17) is 33.0 Å². The first-order valence-electron chi connectivity index (χ1n) is 9.37. The molecule has 30 heavy (non-hydrogen) atoms. The van der Waals surface area contributed by atoms with Crippen molar-refractivity contribution >= 4 is 50.6 Å². The number of fused-ring (bicyclic) bond motifs is 3. The molecule has 2 heterocycles. The zero-order valence-electron chi connectivity index (χ0n) is 15.6. The maximum absolute atomic E-state index is 13.3. The number of rotatable bonds is 3. The van der Waals surface area contributed by atoms with Crippen LogP contribution >= 0.6 is 39.1 Å². The van der Waals surface area contributed by atoms with Crippen molar-refractivity contribution < 1.29 is 9.53 Å². The number of hydrazone groups is 1. The summed E-state index contributed by atoms with van der Waals surface area (Å²) < 4.78 is 7.10. The molecule has 2 aliphatic rings. The first-order valence-corrected chi connectivity index (χ1v) is 10.9. The molecule has 0 bridgehead atoms. The number of carbonyl (C=O) groups is 1. The molecule has 7 heteroatoms. The summed E-state index contributed by atoms with van der Waals surface area (Å²) in [4.78, 5) is 13.3. The number of ketones is 1. The Hall–Kier alpha value is -2.34. The molecule has 3 aromatic rings. The lowest BCUT2D eigenvalue weighted by atomic mass is 9.96. The average molecular weight is 502 g/mol. The SMILES string of the molecule is O=C(c1ccc(Cl)cc1)[C@H]1Oc2ccc(Br)cc2[C@@H]2CC(c3ccc(Cl)cc3)=NN12. The predicted molar refractivity (Wildman–Crippen MR) is 122 cm³/mol. The fourth-order valence-electron chi connectivity index (χ4n) is 3.80. The van der Waals surface area contributed by atoms with E-state index >= 15 is 0 Å². The number of Topliss-reactive ketones (excluding diaryl/α,β-unsaturated/α-hetero) is 1. The third-order valence-electron chi connectivity index (χ3n) is 5.28. The maximum Gasteiger partial charge on any atom is 0.251 e. The molecule has 2 atom stereocenters. The van der Waals surface area contributed by atoms with E-state index in [0.717, 1.165) is 21.3 Å². The van der Waals surface area contributed by atoms with Gasteiger partial charge in [-0.3, -0.25) is 4.79 Å². The lowest BCUT2D eigenvalue weighted by Crippen LogP contribution is -2.45. The molecule has 0 spiro atoms. The van der Waals surface area contributed by atoms with E-state index in [-0.39, 0.29) is 11.8 Å². The fourth-order valence-corrected chi connectivity index (χ4v) is 4.44. The summed E-state index contributed by atoms with van der Waals surface area (Å²) in [5, 5.41) is 7.82. The topological polar surface area (TPSA) is 41.9 Å². The maximum atomic E-state index is 13.3. The first kappa shape index (κ1) is 19.6. The highest BCUT2D eigenvalue weighted by molar-refractivity contribution is 9.10. The molecule has 0 amide bonds. The van der Waals surface area contributed by atoms with E-state index < -0.39 is 6.23 Å². The highest BCUT2D eigenvalue weighted by Gasteiger charge is 2.43. The van der Waals surface area contributed by atoms with Gasteiger partial charge in [-0.15, -0.1) is 0 Å². The number of benzene rings is 3. The first-order chi connectivity index (χ1) is 14.5. The summed E-state index contributed by atoms with van der Waals surface area (Å²) in [5.74, 6) is 0.533. The van der Waals surface area contributed by atoms with Crippen LogP contribution in [0.1, 0.15) is 33.9 Å². The highest BCUT2D eigenvalue weighted by atomic mass is 79.9. The van der Waals surface area contributed by atoms with Gasteiger partial charge in [0.05, 0.1) is 11.8 Å². The summed E-state index contributed by atoms with van der Waals surface area (Å²) in [6.45, 7) is 0. The molecule has 5 rings (SSSR count). The van der Waals surface area contributed by atoms with Crippen LogP contribution in [-0.4, -0.2) is 22.7 Å². The van der Waals surface area contributed by atoms with E-state index in [2.05, 4.69) is 15.9 Å². The van der Waals surface area contributed by atoms with Gasteiger partial charge in [0.2, 0.25) is 5.78 Å². The molecular formula is C23H15BrCl2N2O2. The van der Waals surface area contributed by atoms with Crippen LogP contribution < -0.4 is 4.74 Å². The van der Waals surface area contributed by atoms with E-state index in [0.29, 0.717) is 27.8 Å². The molecular weight excluding hydrogens is 487 g/mol. The minimum Gasteiger partial charge on any atom is -0.461 e. The summed E-state index contributed by atoms with van der Waals surface area (Å²) >= 11 is 15.6. The molecule has 3 aromatic carbocycles. The Kier molecular flexibility index (Phi) is 5.05. The van der Waals surface area contributed by atoms with Crippen LogP contribution in [0.2, 0.25) is 10.0 Å². The van der Waals surface area contributed by atoms with Crippen molar-refractivity contribution in [3.63, 3.8) is 0 Å². The lowest BCUT2D eigenvalue weighted by Gasteiger charge is -2.37. The predicted octanol–water partition coefficient (Wildman–Crippen LogP) is 6.51. The molecule has 0 saturated heterocycles. The number of nitrogens with zero attached hydrogens (tertiary/aromatic N) is 2. The van der Waals surface area contributed by atoms with Gasteiger partial charge in [-0.1, -0.05) is 51.3 Å². The number of hydrogen-bond acceptors (Lipinski definition) is 4. The van der Waals surface area contributed by atoms with Gasteiger partial charge in [0.1, 0.15) is 5.75 Å². The molecule has 0 aromatic heterocycles. The number of ether oxygens (including phenoxy) is 1. The molecule has 0 aliphatic carbocycles. The van der Waals surface area contributed by atoms with Gasteiger partial charge in [-0.2, -0.15) is 5.10 Å². The van der Waals surface area contributed by atoms with Crippen LogP contribution in [0.5, 0.6) is 5.75 Å². The van der Waals surface area contributed by atoms with Gasteiger partial charge in [0.15, 0.2) is 0 Å². The van der Waals surface area contributed by atoms with Gasteiger partial charge in [-0.25, -0.2) is 5.01 Å². The van der Waals surface area contributed by atoms with Crippen LogP contribution in [-0.2, 0) is 0 Å². The average Bonchev–Trinajstić information content (AvgIpc) is 3.19. The Morgan fingerprint density at radius 3 is 2.37 bits per heavy atom. The third kappa shape index (κ3) is 3.51. The molecule has 0 saturated carbocycles. The number of hydrogen-bond donors (Lipinski definition) is 0. The largest absolute Gasteiger partial charge is 0.461 e. The van der Waals surface area contributed by atoms with E-state index in [9.17, 15) is 4.79 Å². The van der Waals surface area contributed by atoms with Crippen molar-refractivity contribution in [2.45, 2.75) is 18.7 Å². The highest BCUT2D eigenvalue weighted by Crippen LogP contribution is 2.44. The van der Waals surface area contributed by atoms with Crippen molar-refractivity contribution in [1.82, 2.24) is 5.01 Å². The van der Waals surface area contributed by atoms with Crippen LogP contribution in [0, 0.1) is 0 Å². The normalized spacial score (nSPS) is 19.6. The molecule has 150 valence electrons. The molecule has 0 fully saturated rings. The van der Waals surface area contributed by atoms with Crippen LogP contribution in [0.3, 0.4) is 0 Å². The van der Waals surface area contributed by atoms with Gasteiger partial charge in [0, 0.05) is 32.1 Å². The Morgan fingerprint density at radius 2 is 1.67 bits per heavy atom. The smallest absolute Gasteiger partial charge is 0.251 e. The zero-order chi connectivity index (χ0) is 20.8. The molecule has 0 radical (unpaired) electrons. The number of carbonyl (C=O) groups excluding carboxylic acids is 1. The van der Waals surface area contributed by atoms with Crippen molar-refractivity contribution in [2.75, 3.05) is 0 Å². The Bertz CT molecular complexity index is 1160. The lowest BCUT2D eigenvalue weighted by molar-refractivity contribution is -0.00459. The van der Waals surface area contributed by atoms with E-state index in [1.807, 2.05) is 42.5 Å². The summed E-state index contributed by atoms with van der Waals surface area (Å²) in [6.07, 6.45) is -0.187. The molecule has 0 N–H and O–H groups in total. The van der Waals surface area contributed by atoms with Gasteiger partial charge in [-0.05, 0) is 60.2 Å². The molecule has 4 nitrogen and oxygen atoms in total. The summed E-state index contributed by atoms with van der Waals surface area (Å²) in [5.41, 5.74) is 3.39. The number of halogens is 3. The van der Waals surface area contributed by atoms with Crippen molar-refractivity contribution in [3.8, 4) is 5.75 Å². The minimum atomic E-state index is -0.852. The quantitative estimate of drug-likeness (QED) is 0.384. The van der Waals surface area contributed by atoms with Crippen molar-refractivity contribution in [1.29, 1.82) is 0 Å². The summed E-state index contributed by atoms with van der Waals surface area (Å²) in [6, 6.07) is 20.1. The van der Waals surface area contributed by atoms with Crippen LogP contribution in [0.25, 0.3) is 0 Å². The second-order valence-electron chi connectivity index (χ2n) is 7.18. The molecule has 2 aliphatic heterocycles. The monoisotopic (exact) mass is 500 g/mol.